The first-order valence-corrected chi connectivity index (χ1v) is 6.59. The molecule has 0 heterocycles. The first-order chi connectivity index (χ1) is 8.95. The summed E-state index contributed by atoms with van der Waals surface area (Å²) in [6.45, 7) is 8.45. The molecule has 3 heteroatoms. The molecule has 0 aliphatic carbocycles. The lowest BCUT2D eigenvalue weighted by Gasteiger charge is -2.29. The van der Waals surface area contributed by atoms with Crippen molar-refractivity contribution in [1.29, 1.82) is 0 Å². The zero-order chi connectivity index (χ0) is 14.4. The number of allylic oxidation sites excluding steroid dienone is 1. The number of carbonyl (C=O) groups excluding carboxylic acids is 1. The van der Waals surface area contributed by atoms with Crippen molar-refractivity contribution in [2.75, 3.05) is 7.11 Å². The Morgan fingerprint density at radius 3 is 2.05 bits per heavy atom. The summed E-state index contributed by atoms with van der Waals surface area (Å²) in [4.78, 5) is 14.2. The van der Waals surface area contributed by atoms with Gasteiger partial charge in [-0.05, 0) is 52.0 Å². The van der Waals surface area contributed by atoms with Gasteiger partial charge < -0.3 is 9.64 Å². The second kappa shape index (κ2) is 6.98. The molecule has 0 fully saturated rings. The minimum absolute atomic E-state index is 0.00829. The number of methoxy groups -OCH3 is 1. The molecule has 1 aromatic carbocycles. The molecular formula is C16H23NO2. The minimum Gasteiger partial charge on any atom is -0.497 e. The van der Waals surface area contributed by atoms with E-state index >= 15 is 0 Å². The Balaban J connectivity index is 2.77. The fourth-order valence-electron chi connectivity index (χ4n) is 1.95. The second-order valence-corrected chi connectivity index (χ2v) is 5.04. The molecule has 3 nitrogen and oxygen atoms in total. The smallest absolute Gasteiger partial charge is 0.187 e. The van der Waals surface area contributed by atoms with E-state index < -0.39 is 0 Å². The van der Waals surface area contributed by atoms with Gasteiger partial charge in [0.05, 0.1) is 7.11 Å². The Morgan fingerprint density at radius 2 is 1.63 bits per heavy atom. The van der Waals surface area contributed by atoms with Gasteiger partial charge in [0.25, 0.3) is 0 Å². The maximum absolute atomic E-state index is 12.0. The number of ketones is 1. The highest BCUT2D eigenvalue weighted by atomic mass is 16.5. The monoisotopic (exact) mass is 261 g/mol. The third-order valence-corrected chi connectivity index (χ3v) is 2.97. The predicted octanol–water partition coefficient (Wildman–Crippen LogP) is 3.51. The molecule has 104 valence electrons. The zero-order valence-electron chi connectivity index (χ0n) is 12.4. The average Bonchev–Trinajstić information content (AvgIpc) is 2.38. The van der Waals surface area contributed by atoms with Crippen LogP contribution in [-0.4, -0.2) is 29.9 Å². The molecule has 0 saturated carbocycles. The van der Waals surface area contributed by atoms with Crippen LogP contribution in [0.25, 0.3) is 0 Å². The summed E-state index contributed by atoms with van der Waals surface area (Å²) < 4.78 is 5.07. The quantitative estimate of drug-likeness (QED) is 0.579. The molecule has 1 rings (SSSR count). The van der Waals surface area contributed by atoms with Gasteiger partial charge in [-0.2, -0.15) is 0 Å². The zero-order valence-corrected chi connectivity index (χ0v) is 12.4. The van der Waals surface area contributed by atoms with E-state index in [1.807, 2.05) is 6.20 Å². The minimum atomic E-state index is 0.00829. The van der Waals surface area contributed by atoms with Crippen LogP contribution in [0.4, 0.5) is 0 Å². The molecule has 0 atom stereocenters. The Morgan fingerprint density at radius 1 is 1.11 bits per heavy atom. The molecule has 0 aromatic heterocycles. The van der Waals surface area contributed by atoms with Crippen LogP contribution in [0.3, 0.4) is 0 Å². The van der Waals surface area contributed by atoms with Crippen LogP contribution in [0.1, 0.15) is 38.1 Å². The van der Waals surface area contributed by atoms with E-state index in [-0.39, 0.29) is 5.78 Å². The largest absolute Gasteiger partial charge is 0.497 e. The van der Waals surface area contributed by atoms with Crippen molar-refractivity contribution in [2.24, 2.45) is 0 Å². The summed E-state index contributed by atoms with van der Waals surface area (Å²) >= 11 is 0. The topological polar surface area (TPSA) is 29.5 Å². The van der Waals surface area contributed by atoms with Gasteiger partial charge in [0, 0.05) is 29.9 Å². The Bertz CT molecular complexity index is 425. The lowest BCUT2D eigenvalue weighted by molar-refractivity contribution is 0.104. The van der Waals surface area contributed by atoms with E-state index in [1.165, 1.54) is 0 Å². The number of carbonyl (C=O) groups is 1. The molecule has 0 unspecified atom stereocenters. The maximum Gasteiger partial charge on any atom is 0.187 e. The molecule has 0 N–H and O–H groups in total. The maximum atomic E-state index is 12.0. The van der Waals surface area contributed by atoms with Crippen LogP contribution in [0, 0.1) is 0 Å². The third-order valence-electron chi connectivity index (χ3n) is 2.97. The molecule has 0 saturated heterocycles. The van der Waals surface area contributed by atoms with Gasteiger partial charge in [-0.1, -0.05) is 0 Å². The van der Waals surface area contributed by atoms with Gasteiger partial charge in [0.15, 0.2) is 5.78 Å². The summed E-state index contributed by atoms with van der Waals surface area (Å²) in [7, 11) is 1.61. The summed E-state index contributed by atoms with van der Waals surface area (Å²) in [6, 6.07) is 7.90. The van der Waals surface area contributed by atoms with Crippen molar-refractivity contribution in [3.63, 3.8) is 0 Å². The predicted molar refractivity (Wildman–Crippen MR) is 78.6 cm³/mol. The lowest BCUT2D eigenvalue weighted by atomic mass is 10.1. The summed E-state index contributed by atoms with van der Waals surface area (Å²) in [5, 5.41) is 0. The van der Waals surface area contributed by atoms with Crippen LogP contribution in [-0.2, 0) is 0 Å². The van der Waals surface area contributed by atoms with Gasteiger partial charge in [0.2, 0.25) is 0 Å². The summed E-state index contributed by atoms with van der Waals surface area (Å²) in [5.41, 5.74) is 0.671. The van der Waals surface area contributed by atoms with Crippen molar-refractivity contribution in [3.8, 4) is 5.75 Å². The van der Waals surface area contributed by atoms with Crippen molar-refractivity contribution >= 4 is 5.78 Å². The van der Waals surface area contributed by atoms with Crippen LogP contribution >= 0.6 is 0 Å². The lowest BCUT2D eigenvalue weighted by Crippen LogP contribution is -2.32. The number of hydrogen-bond acceptors (Lipinski definition) is 3. The first kappa shape index (κ1) is 15.3. The van der Waals surface area contributed by atoms with Crippen LogP contribution in [0.2, 0.25) is 0 Å². The van der Waals surface area contributed by atoms with E-state index in [4.69, 9.17) is 4.74 Å². The van der Waals surface area contributed by atoms with Crippen molar-refractivity contribution in [3.05, 3.63) is 42.1 Å². The van der Waals surface area contributed by atoms with E-state index in [9.17, 15) is 4.79 Å². The Hall–Kier alpha value is -1.77. The first-order valence-electron chi connectivity index (χ1n) is 6.59. The molecule has 0 radical (unpaired) electrons. The SMILES string of the molecule is COc1ccc(C(=O)/C=C/N(C(C)C)C(C)C)cc1. The highest BCUT2D eigenvalue weighted by Crippen LogP contribution is 2.13. The Kier molecular flexibility index (Phi) is 5.61. The van der Waals surface area contributed by atoms with Crippen molar-refractivity contribution in [2.45, 2.75) is 39.8 Å². The molecule has 19 heavy (non-hydrogen) atoms. The Labute approximate surface area is 115 Å². The third kappa shape index (κ3) is 4.43. The van der Waals surface area contributed by atoms with Gasteiger partial charge in [-0.15, -0.1) is 0 Å². The molecule has 0 bridgehead atoms. The normalized spacial score (nSPS) is 11.3. The van der Waals surface area contributed by atoms with E-state index in [1.54, 1.807) is 37.5 Å². The molecule has 0 spiro atoms. The number of rotatable bonds is 6. The van der Waals surface area contributed by atoms with Crippen molar-refractivity contribution in [1.82, 2.24) is 4.90 Å². The van der Waals surface area contributed by atoms with Gasteiger partial charge >= 0.3 is 0 Å². The van der Waals surface area contributed by atoms with Crippen molar-refractivity contribution < 1.29 is 9.53 Å². The molecule has 0 aliphatic heterocycles. The number of nitrogens with zero attached hydrogens (tertiary/aromatic N) is 1. The fourth-order valence-corrected chi connectivity index (χ4v) is 1.95. The molecule has 0 aliphatic rings. The molecular weight excluding hydrogens is 238 g/mol. The summed E-state index contributed by atoms with van der Waals surface area (Å²) in [6.07, 6.45) is 3.50. The van der Waals surface area contributed by atoms with E-state index in [0.717, 1.165) is 5.75 Å². The number of ether oxygens (including phenoxy) is 1. The molecule has 1 aromatic rings. The van der Waals surface area contributed by atoms with Gasteiger partial charge in [-0.3, -0.25) is 4.79 Å². The van der Waals surface area contributed by atoms with E-state index in [2.05, 4.69) is 32.6 Å². The summed E-state index contributed by atoms with van der Waals surface area (Å²) in [5.74, 6) is 0.764. The standard InChI is InChI=1S/C16H23NO2/c1-12(2)17(13(3)4)11-10-16(18)14-6-8-15(19-5)9-7-14/h6-13H,1-5H3/b11-10+. The second-order valence-electron chi connectivity index (χ2n) is 5.04. The average molecular weight is 261 g/mol. The highest BCUT2D eigenvalue weighted by Gasteiger charge is 2.09. The fraction of sp³-hybridized carbons (Fsp3) is 0.438. The van der Waals surface area contributed by atoms with Crippen LogP contribution in [0.5, 0.6) is 5.75 Å². The highest BCUT2D eigenvalue weighted by molar-refractivity contribution is 6.04. The van der Waals surface area contributed by atoms with Gasteiger partial charge in [-0.25, -0.2) is 0 Å². The van der Waals surface area contributed by atoms with E-state index in [0.29, 0.717) is 17.6 Å². The van der Waals surface area contributed by atoms with Crippen LogP contribution in [0.15, 0.2) is 36.5 Å². The number of hydrogen-bond donors (Lipinski definition) is 0. The molecule has 0 amide bonds. The van der Waals surface area contributed by atoms with Gasteiger partial charge in [0.1, 0.15) is 5.75 Å². The number of benzene rings is 1. The van der Waals surface area contributed by atoms with Crippen LogP contribution < -0.4 is 4.74 Å².